The van der Waals surface area contributed by atoms with Crippen LogP contribution in [0, 0.1) is 11.8 Å². The van der Waals surface area contributed by atoms with Gasteiger partial charge in [0.15, 0.2) is 0 Å². The fraction of sp³-hybridized carbons (Fsp3) is 0.625. The summed E-state index contributed by atoms with van der Waals surface area (Å²) in [4.78, 5) is 36.8. The molecule has 7 heteroatoms. The minimum atomic E-state index is -0.750. The summed E-state index contributed by atoms with van der Waals surface area (Å²) >= 11 is 0. The van der Waals surface area contributed by atoms with E-state index in [1.54, 1.807) is 0 Å². The molecular weight excluding hydrogens is 394 g/mol. The van der Waals surface area contributed by atoms with Crippen molar-refractivity contribution in [2.24, 2.45) is 17.6 Å². The van der Waals surface area contributed by atoms with Crippen LogP contribution in [0.25, 0.3) is 0 Å². The quantitative estimate of drug-likeness (QED) is 0.587. The van der Waals surface area contributed by atoms with Crippen LogP contribution < -0.4 is 16.4 Å². The number of hydrogen-bond acceptors (Lipinski definition) is 4. The molecule has 4 N–H and O–H groups in total. The Morgan fingerprint density at radius 2 is 1.74 bits per heavy atom. The zero-order valence-electron chi connectivity index (χ0n) is 19.4. The minimum absolute atomic E-state index is 0.0147. The first-order valence-corrected chi connectivity index (χ1v) is 11.2. The molecule has 1 aromatic carbocycles. The van der Waals surface area contributed by atoms with Crippen molar-refractivity contribution in [2.75, 3.05) is 0 Å². The lowest BCUT2D eigenvalue weighted by Gasteiger charge is -2.23. The van der Waals surface area contributed by atoms with Gasteiger partial charge in [0.2, 0.25) is 11.8 Å². The molecule has 1 aliphatic carbocycles. The SMILES string of the molecule is CCc1ccc(CC(NC(=O)C(C)C2CCC(NC(=O)OC(C)(C)C)C2)C(N)=O)cc1. The summed E-state index contributed by atoms with van der Waals surface area (Å²) < 4.78 is 5.31. The molecule has 31 heavy (non-hydrogen) atoms. The number of amides is 3. The molecule has 0 radical (unpaired) electrons. The van der Waals surface area contributed by atoms with E-state index in [-0.39, 0.29) is 23.8 Å². The Hall–Kier alpha value is -2.57. The third kappa shape index (κ3) is 7.89. The van der Waals surface area contributed by atoms with Crippen LogP contribution in [0.3, 0.4) is 0 Å². The van der Waals surface area contributed by atoms with E-state index in [2.05, 4.69) is 17.6 Å². The molecule has 2 rings (SSSR count). The molecule has 0 aliphatic heterocycles. The molecule has 3 amide bonds. The standard InChI is InChI=1S/C24H37N3O4/c1-6-16-7-9-17(10-8-16)13-20(21(25)28)27-22(29)15(2)18-11-12-19(14-18)26-23(30)31-24(3,4)5/h7-10,15,18-20H,6,11-14H2,1-5H3,(H2,25,28)(H,26,30)(H,27,29). The van der Waals surface area contributed by atoms with Gasteiger partial charge in [0.25, 0.3) is 0 Å². The summed E-state index contributed by atoms with van der Waals surface area (Å²) in [5.74, 6) is -0.889. The molecule has 1 aliphatic rings. The minimum Gasteiger partial charge on any atom is -0.444 e. The maximum absolute atomic E-state index is 12.8. The molecule has 0 saturated heterocycles. The predicted molar refractivity (Wildman–Crippen MR) is 120 cm³/mol. The maximum atomic E-state index is 12.8. The molecular formula is C24H37N3O4. The van der Waals surface area contributed by atoms with Gasteiger partial charge in [-0.1, -0.05) is 38.1 Å². The van der Waals surface area contributed by atoms with E-state index in [4.69, 9.17) is 10.5 Å². The van der Waals surface area contributed by atoms with Crippen LogP contribution in [0.1, 0.15) is 65.0 Å². The molecule has 4 atom stereocenters. The average Bonchev–Trinajstić information content (AvgIpc) is 3.13. The first-order valence-electron chi connectivity index (χ1n) is 11.2. The maximum Gasteiger partial charge on any atom is 0.407 e. The molecule has 0 spiro atoms. The Balaban J connectivity index is 1.89. The first kappa shape index (κ1) is 24.7. The highest BCUT2D eigenvalue weighted by atomic mass is 16.6. The lowest BCUT2D eigenvalue weighted by Crippen LogP contribution is -2.48. The summed E-state index contributed by atoms with van der Waals surface area (Å²) in [6.45, 7) is 9.42. The van der Waals surface area contributed by atoms with Crippen molar-refractivity contribution in [3.63, 3.8) is 0 Å². The Kier molecular flexibility index (Phi) is 8.48. The summed E-state index contributed by atoms with van der Waals surface area (Å²) in [7, 11) is 0. The highest BCUT2D eigenvalue weighted by Crippen LogP contribution is 2.32. The van der Waals surface area contributed by atoms with E-state index in [1.807, 2.05) is 52.0 Å². The van der Waals surface area contributed by atoms with Gasteiger partial charge in [-0.3, -0.25) is 9.59 Å². The second-order valence-corrected chi connectivity index (χ2v) is 9.54. The molecule has 1 aromatic rings. The number of nitrogens with one attached hydrogen (secondary N) is 2. The third-order valence-electron chi connectivity index (χ3n) is 5.85. The van der Waals surface area contributed by atoms with Crippen LogP contribution >= 0.6 is 0 Å². The highest BCUT2D eigenvalue weighted by Gasteiger charge is 2.34. The molecule has 4 unspecified atom stereocenters. The van der Waals surface area contributed by atoms with Crippen LogP contribution in [0.5, 0.6) is 0 Å². The Bertz CT molecular complexity index is 770. The predicted octanol–water partition coefficient (Wildman–Crippen LogP) is 3.09. The van der Waals surface area contributed by atoms with Gasteiger partial charge >= 0.3 is 6.09 Å². The second-order valence-electron chi connectivity index (χ2n) is 9.54. The van der Waals surface area contributed by atoms with Crippen molar-refractivity contribution in [1.82, 2.24) is 10.6 Å². The lowest BCUT2D eigenvalue weighted by atomic mass is 9.91. The van der Waals surface area contributed by atoms with Crippen molar-refractivity contribution in [2.45, 2.75) is 84.4 Å². The Labute approximate surface area is 185 Å². The monoisotopic (exact) mass is 431 g/mol. The largest absolute Gasteiger partial charge is 0.444 e. The fourth-order valence-electron chi connectivity index (χ4n) is 3.96. The van der Waals surface area contributed by atoms with E-state index in [9.17, 15) is 14.4 Å². The number of benzene rings is 1. The number of alkyl carbamates (subject to hydrolysis) is 1. The van der Waals surface area contributed by atoms with Crippen molar-refractivity contribution in [3.8, 4) is 0 Å². The van der Waals surface area contributed by atoms with Crippen molar-refractivity contribution < 1.29 is 19.1 Å². The zero-order valence-corrected chi connectivity index (χ0v) is 19.4. The number of hydrogen-bond donors (Lipinski definition) is 3. The van der Waals surface area contributed by atoms with E-state index >= 15 is 0 Å². The Morgan fingerprint density at radius 3 is 2.29 bits per heavy atom. The summed E-state index contributed by atoms with van der Waals surface area (Å²) in [6, 6.07) is 7.21. The van der Waals surface area contributed by atoms with Crippen LogP contribution in [-0.4, -0.2) is 35.6 Å². The lowest BCUT2D eigenvalue weighted by molar-refractivity contribution is -0.130. The number of aryl methyl sites for hydroxylation is 1. The molecule has 0 heterocycles. The molecule has 0 bridgehead atoms. The third-order valence-corrected chi connectivity index (χ3v) is 5.85. The van der Waals surface area contributed by atoms with Crippen LogP contribution in [0.2, 0.25) is 0 Å². The smallest absolute Gasteiger partial charge is 0.407 e. The van der Waals surface area contributed by atoms with Gasteiger partial charge in [-0.05, 0) is 63.5 Å². The zero-order chi connectivity index (χ0) is 23.2. The fourth-order valence-corrected chi connectivity index (χ4v) is 3.96. The molecule has 172 valence electrons. The van der Waals surface area contributed by atoms with E-state index in [0.717, 1.165) is 24.8 Å². The van der Waals surface area contributed by atoms with Gasteiger partial charge in [0.1, 0.15) is 11.6 Å². The van der Waals surface area contributed by atoms with Crippen molar-refractivity contribution in [3.05, 3.63) is 35.4 Å². The number of ether oxygens (including phenoxy) is 1. The van der Waals surface area contributed by atoms with Gasteiger partial charge in [-0.15, -0.1) is 0 Å². The summed E-state index contributed by atoms with van der Waals surface area (Å²) in [5, 5.41) is 5.72. The van der Waals surface area contributed by atoms with Crippen LogP contribution in [0.15, 0.2) is 24.3 Å². The molecule has 1 saturated carbocycles. The van der Waals surface area contributed by atoms with E-state index in [1.165, 1.54) is 5.56 Å². The first-order chi connectivity index (χ1) is 14.5. The number of primary amides is 1. The molecule has 7 nitrogen and oxygen atoms in total. The highest BCUT2D eigenvalue weighted by molar-refractivity contribution is 5.87. The number of rotatable bonds is 8. The van der Waals surface area contributed by atoms with Crippen LogP contribution in [0.4, 0.5) is 4.79 Å². The van der Waals surface area contributed by atoms with Gasteiger partial charge in [0.05, 0.1) is 0 Å². The molecule has 1 fully saturated rings. The topological polar surface area (TPSA) is 111 Å². The number of carbonyl (C=O) groups is 3. The van der Waals surface area contributed by atoms with Gasteiger partial charge in [0, 0.05) is 18.4 Å². The second kappa shape index (κ2) is 10.6. The van der Waals surface area contributed by atoms with E-state index in [0.29, 0.717) is 12.8 Å². The van der Waals surface area contributed by atoms with Gasteiger partial charge in [-0.2, -0.15) is 0 Å². The average molecular weight is 432 g/mol. The van der Waals surface area contributed by atoms with Gasteiger partial charge < -0.3 is 21.1 Å². The van der Waals surface area contributed by atoms with E-state index < -0.39 is 23.6 Å². The summed E-state index contributed by atoms with van der Waals surface area (Å²) in [5.41, 5.74) is 7.18. The van der Waals surface area contributed by atoms with Gasteiger partial charge in [-0.25, -0.2) is 4.79 Å². The summed E-state index contributed by atoms with van der Waals surface area (Å²) in [6.07, 6.45) is 3.20. The Morgan fingerprint density at radius 1 is 1.13 bits per heavy atom. The van der Waals surface area contributed by atoms with Crippen LogP contribution in [-0.2, 0) is 27.2 Å². The number of nitrogens with two attached hydrogens (primary N) is 1. The number of carbonyl (C=O) groups excluding carboxylic acids is 3. The molecule has 0 aromatic heterocycles. The van der Waals surface area contributed by atoms with Crippen molar-refractivity contribution >= 4 is 17.9 Å². The van der Waals surface area contributed by atoms with Crippen molar-refractivity contribution in [1.29, 1.82) is 0 Å². The normalized spacial score (nSPS) is 20.5.